The summed E-state index contributed by atoms with van der Waals surface area (Å²) in [4.78, 5) is 13.3. The van der Waals surface area contributed by atoms with Crippen molar-refractivity contribution in [2.75, 3.05) is 36.9 Å². The molecule has 0 aliphatic carbocycles. The topological polar surface area (TPSA) is 86.8 Å². The minimum Gasteiger partial charge on any atom is -0.399 e. The van der Waals surface area contributed by atoms with Crippen LogP contribution >= 0.6 is 0 Å². The van der Waals surface area contributed by atoms with Crippen LogP contribution in [0.2, 0.25) is 0 Å². The molecule has 5 heteroatoms. The van der Waals surface area contributed by atoms with Gasteiger partial charge in [-0.2, -0.15) is 0 Å². The van der Waals surface area contributed by atoms with E-state index >= 15 is 0 Å². The molecule has 0 aromatic heterocycles. The third-order valence-electron chi connectivity index (χ3n) is 3.73. The van der Waals surface area contributed by atoms with E-state index in [0.717, 1.165) is 28.7 Å². The van der Waals surface area contributed by atoms with Crippen molar-refractivity contribution < 1.29 is 15.0 Å². The van der Waals surface area contributed by atoms with Gasteiger partial charge in [0.1, 0.15) is 0 Å². The molecule has 122 valence electrons. The lowest BCUT2D eigenvalue weighted by Crippen LogP contribution is -2.30. The summed E-state index contributed by atoms with van der Waals surface area (Å²) in [5.41, 5.74) is 10.5. The summed E-state index contributed by atoms with van der Waals surface area (Å²) in [6, 6.07) is 11.1. The number of nitrogens with two attached hydrogens (primary N) is 1. The molecule has 0 aliphatic rings. The average Bonchev–Trinajstić information content (AvgIpc) is 2.54. The maximum atomic E-state index is 11.4. The maximum Gasteiger partial charge on any atom is 0.150 e. The third kappa shape index (κ3) is 3.88. The van der Waals surface area contributed by atoms with Crippen LogP contribution in [0.4, 0.5) is 11.4 Å². The van der Waals surface area contributed by atoms with Crippen molar-refractivity contribution in [3.8, 4) is 11.1 Å². The van der Waals surface area contributed by atoms with Gasteiger partial charge in [-0.05, 0) is 36.8 Å². The van der Waals surface area contributed by atoms with Crippen LogP contribution in [0.25, 0.3) is 11.1 Å². The molecule has 2 aromatic carbocycles. The molecule has 4 N–H and O–H groups in total. The third-order valence-corrected chi connectivity index (χ3v) is 3.73. The number of aryl methyl sites for hydroxylation is 1. The Bertz CT molecular complexity index is 680. The van der Waals surface area contributed by atoms with Crippen molar-refractivity contribution in [3.05, 3.63) is 47.5 Å². The predicted molar refractivity (Wildman–Crippen MR) is 92.8 cm³/mol. The summed E-state index contributed by atoms with van der Waals surface area (Å²) in [7, 11) is 0. The molecule has 0 spiro atoms. The Balaban J connectivity index is 2.61. The van der Waals surface area contributed by atoms with Crippen molar-refractivity contribution in [2.45, 2.75) is 6.92 Å². The lowest BCUT2D eigenvalue weighted by molar-refractivity contribution is 0.112. The Labute approximate surface area is 136 Å². The summed E-state index contributed by atoms with van der Waals surface area (Å²) < 4.78 is 0. The fraction of sp³-hybridized carbons (Fsp3) is 0.278. The van der Waals surface area contributed by atoms with Crippen LogP contribution in [-0.4, -0.2) is 42.8 Å². The van der Waals surface area contributed by atoms with Gasteiger partial charge in [-0.15, -0.1) is 0 Å². The Morgan fingerprint density at radius 1 is 1.04 bits per heavy atom. The molecule has 0 saturated carbocycles. The molecule has 0 atom stereocenters. The molecule has 0 heterocycles. The van der Waals surface area contributed by atoms with E-state index in [1.54, 1.807) is 6.07 Å². The van der Waals surface area contributed by atoms with E-state index < -0.39 is 0 Å². The van der Waals surface area contributed by atoms with E-state index in [0.29, 0.717) is 24.3 Å². The number of carbonyl (C=O) groups excluding carboxylic acids is 1. The highest BCUT2D eigenvalue weighted by Gasteiger charge is 2.15. The summed E-state index contributed by atoms with van der Waals surface area (Å²) in [5.74, 6) is 0. The highest BCUT2D eigenvalue weighted by Crippen LogP contribution is 2.34. The standard InChI is InChI=1S/C18H22N2O3/c1-13-2-4-16(14(10-13)12-23)17-11-15(19)3-5-18(17)20(6-8-21)7-9-22/h2-5,10-12,21-22H,6-9,19H2,1H3. The van der Waals surface area contributed by atoms with E-state index in [-0.39, 0.29) is 13.2 Å². The monoisotopic (exact) mass is 314 g/mol. The van der Waals surface area contributed by atoms with Crippen molar-refractivity contribution in [3.63, 3.8) is 0 Å². The Hall–Kier alpha value is -2.37. The largest absolute Gasteiger partial charge is 0.399 e. The van der Waals surface area contributed by atoms with Crippen LogP contribution in [0.1, 0.15) is 15.9 Å². The first-order chi connectivity index (χ1) is 11.1. The first-order valence-corrected chi connectivity index (χ1v) is 7.53. The lowest BCUT2D eigenvalue weighted by atomic mass is 9.96. The number of rotatable bonds is 7. The van der Waals surface area contributed by atoms with Crippen LogP contribution in [-0.2, 0) is 0 Å². The highest BCUT2D eigenvalue weighted by atomic mass is 16.3. The minimum atomic E-state index is -0.0295. The van der Waals surface area contributed by atoms with Gasteiger partial charge in [0.2, 0.25) is 0 Å². The molecule has 0 unspecified atom stereocenters. The van der Waals surface area contributed by atoms with Gasteiger partial charge in [-0.25, -0.2) is 0 Å². The van der Waals surface area contributed by atoms with Gasteiger partial charge < -0.3 is 20.8 Å². The Kier molecular flexibility index (Phi) is 5.73. The summed E-state index contributed by atoms with van der Waals surface area (Å²) in [6.45, 7) is 2.65. The van der Waals surface area contributed by atoms with Crippen LogP contribution < -0.4 is 10.6 Å². The second-order valence-electron chi connectivity index (χ2n) is 5.42. The van der Waals surface area contributed by atoms with Gasteiger partial charge >= 0.3 is 0 Å². The normalized spacial score (nSPS) is 10.6. The van der Waals surface area contributed by atoms with E-state index in [4.69, 9.17) is 5.73 Å². The molecule has 0 amide bonds. The van der Waals surface area contributed by atoms with Gasteiger partial charge in [0.05, 0.1) is 13.2 Å². The fourth-order valence-corrected chi connectivity index (χ4v) is 2.66. The second-order valence-corrected chi connectivity index (χ2v) is 5.42. The number of nitrogens with zero attached hydrogens (tertiary/aromatic N) is 1. The SMILES string of the molecule is Cc1ccc(-c2cc(N)ccc2N(CCO)CCO)c(C=O)c1. The van der Waals surface area contributed by atoms with Gasteiger partial charge in [0.25, 0.3) is 0 Å². The van der Waals surface area contributed by atoms with Gasteiger partial charge in [-0.1, -0.05) is 17.7 Å². The molecule has 0 bridgehead atoms. The van der Waals surface area contributed by atoms with Crippen LogP contribution in [0.15, 0.2) is 36.4 Å². The molecule has 2 aromatic rings. The Morgan fingerprint density at radius 3 is 2.35 bits per heavy atom. The molecule has 0 saturated heterocycles. The second kappa shape index (κ2) is 7.76. The van der Waals surface area contributed by atoms with E-state index in [1.165, 1.54) is 0 Å². The quantitative estimate of drug-likeness (QED) is 0.536. The molecule has 2 rings (SSSR count). The molecular formula is C18H22N2O3. The molecule has 0 radical (unpaired) electrons. The maximum absolute atomic E-state index is 11.4. The van der Waals surface area contributed by atoms with E-state index in [1.807, 2.05) is 42.2 Å². The van der Waals surface area contributed by atoms with Crippen LogP contribution in [0, 0.1) is 6.92 Å². The van der Waals surface area contributed by atoms with Gasteiger partial charge in [0.15, 0.2) is 6.29 Å². The number of aldehydes is 1. The first-order valence-electron chi connectivity index (χ1n) is 7.53. The number of hydrogen-bond donors (Lipinski definition) is 3. The van der Waals surface area contributed by atoms with Crippen molar-refractivity contribution in [1.82, 2.24) is 0 Å². The number of anilines is 2. The number of aliphatic hydroxyl groups excluding tert-OH is 2. The number of nitrogen functional groups attached to an aromatic ring is 1. The fourth-order valence-electron chi connectivity index (χ4n) is 2.66. The number of benzene rings is 2. The number of carbonyl (C=O) groups is 1. The summed E-state index contributed by atoms with van der Waals surface area (Å²) in [6.07, 6.45) is 0.831. The van der Waals surface area contributed by atoms with Crippen molar-refractivity contribution in [1.29, 1.82) is 0 Å². The minimum absolute atomic E-state index is 0.0295. The van der Waals surface area contributed by atoms with Crippen molar-refractivity contribution in [2.24, 2.45) is 0 Å². The zero-order valence-corrected chi connectivity index (χ0v) is 13.2. The average molecular weight is 314 g/mol. The van der Waals surface area contributed by atoms with Gasteiger partial charge in [0, 0.05) is 35.6 Å². The summed E-state index contributed by atoms with van der Waals surface area (Å²) >= 11 is 0. The smallest absolute Gasteiger partial charge is 0.150 e. The first kappa shape index (κ1) is 17.0. The molecular weight excluding hydrogens is 292 g/mol. The lowest BCUT2D eigenvalue weighted by Gasteiger charge is -2.26. The molecule has 0 fully saturated rings. The van der Waals surface area contributed by atoms with Crippen LogP contribution in [0.5, 0.6) is 0 Å². The predicted octanol–water partition coefficient (Wildman–Crippen LogP) is 1.85. The Morgan fingerprint density at radius 2 is 1.74 bits per heavy atom. The number of hydrogen-bond acceptors (Lipinski definition) is 5. The zero-order chi connectivity index (χ0) is 16.8. The summed E-state index contributed by atoms with van der Waals surface area (Å²) in [5, 5.41) is 18.5. The van der Waals surface area contributed by atoms with E-state index in [9.17, 15) is 15.0 Å². The van der Waals surface area contributed by atoms with Crippen LogP contribution in [0.3, 0.4) is 0 Å². The van der Waals surface area contributed by atoms with Crippen molar-refractivity contribution >= 4 is 17.7 Å². The number of aliphatic hydroxyl groups is 2. The van der Waals surface area contributed by atoms with Gasteiger partial charge in [-0.3, -0.25) is 4.79 Å². The molecule has 0 aliphatic heterocycles. The zero-order valence-electron chi connectivity index (χ0n) is 13.2. The highest BCUT2D eigenvalue weighted by molar-refractivity contribution is 5.93. The molecule has 23 heavy (non-hydrogen) atoms. The van der Waals surface area contributed by atoms with E-state index in [2.05, 4.69) is 0 Å². The molecule has 5 nitrogen and oxygen atoms in total.